The van der Waals surface area contributed by atoms with Gasteiger partial charge in [-0.2, -0.15) is 0 Å². The summed E-state index contributed by atoms with van der Waals surface area (Å²) >= 11 is 0. The molecule has 1 aliphatic heterocycles. The minimum Gasteiger partial charge on any atom is -0.466 e. The summed E-state index contributed by atoms with van der Waals surface area (Å²) in [5, 5.41) is 19.8. The molecule has 1 amide bonds. The molecule has 1 heterocycles. The van der Waals surface area contributed by atoms with Gasteiger partial charge in [0.15, 0.2) is 0 Å². The van der Waals surface area contributed by atoms with Gasteiger partial charge in [-0.25, -0.2) is 0 Å². The number of nitrogens with one attached hydrogen (secondary N) is 3. The summed E-state index contributed by atoms with van der Waals surface area (Å²) in [6.07, 6.45) is 4.86. The Bertz CT molecular complexity index is 513. The number of aliphatic hydroxyl groups is 1. The van der Waals surface area contributed by atoms with Crippen LogP contribution in [0.2, 0.25) is 0 Å². The normalized spacial score (nSPS) is 20.2. The Morgan fingerprint density at radius 2 is 1.97 bits per heavy atom. The third-order valence-corrected chi connectivity index (χ3v) is 5.25. The summed E-state index contributed by atoms with van der Waals surface area (Å²) in [6, 6.07) is -0.198. The highest BCUT2D eigenvalue weighted by Crippen LogP contribution is 2.22. The lowest BCUT2D eigenvalue weighted by Gasteiger charge is -2.33. The van der Waals surface area contributed by atoms with Crippen molar-refractivity contribution in [2.75, 3.05) is 33.3 Å². The summed E-state index contributed by atoms with van der Waals surface area (Å²) in [5.74, 6) is 0.832. The Morgan fingerprint density at radius 1 is 1.28 bits per heavy atom. The highest BCUT2D eigenvalue weighted by molar-refractivity contribution is 5.77. The van der Waals surface area contributed by atoms with Crippen LogP contribution >= 0.6 is 0 Å². The quantitative estimate of drug-likeness (QED) is 0.346. The number of carbonyl (C=O) groups excluding carboxylic acids is 1. The topological polar surface area (TPSA) is 91.9 Å². The van der Waals surface area contributed by atoms with Gasteiger partial charge < -0.3 is 30.5 Å². The molecule has 0 aliphatic carbocycles. The van der Waals surface area contributed by atoms with Crippen LogP contribution in [-0.4, -0.2) is 62.2 Å². The molecule has 0 unspecified atom stereocenters. The Kier molecular flexibility index (Phi) is 11.2. The molecule has 0 bridgehead atoms. The fourth-order valence-corrected chi connectivity index (χ4v) is 3.19. The first-order valence-electron chi connectivity index (χ1n) is 11.0. The van der Waals surface area contributed by atoms with Gasteiger partial charge in [-0.3, -0.25) is 4.79 Å². The third kappa shape index (κ3) is 10.4. The van der Waals surface area contributed by atoms with Crippen LogP contribution in [0.5, 0.6) is 0 Å². The van der Waals surface area contributed by atoms with E-state index in [1.165, 1.54) is 0 Å². The minimum absolute atomic E-state index is 0.0155. The second-order valence-electron chi connectivity index (χ2n) is 9.14. The summed E-state index contributed by atoms with van der Waals surface area (Å²) in [6.45, 7) is 12.7. The van der Waals surface area contributed by atoms with Crippen molar-refractivity contribution in [3.8, 4) is 0 Å². The molecule has 4 N–H and O–H groups in total. The molecule has 0 aromatic carbocycles. The highest BCUT2D eigenvalue weighted by Gasteiger charge is 2.30. The van der Waals surface area contributed by atoms with Crippen LogP contribution in [0.25, 0.3) is 0 Å². The molecule has 0 fully saturated rings. The van der Waals surface area contributed by atoms with E-state index in [1.54, 1.807) is 0 Å². The van der Waals surface area contributed by atoms with Crippen LogP contribution in [-0.2, 0) is 14.3 Å². The largest absolute Gasteiger partial charge is 0.466 e. The van der Waals surface area contributed by atoms with Crippen LogP contribution in [0.4, 0.5) is 0 Å². The van der Waals surface area contributed by atoms with Gasteiger partial charge in [0, 0.05) is 13.0 Å². The molecule has 1 aliphatic rings. The monoisotopic (exact) mass is 413 g/mol. The molecule has 0 radical (unpaired) electrons. The first-order valence-corrected chi connectivity index (χ1v) is 11.0. The third-order valence-electron chi connectivity index (χ3n) is 5.25. The van der Waals surface area contributed by atoms with Crippen LogP contribution < -0.4 is 16.0 Å². The SMILES string of the molecule is CCC(O)(CC)CCNCC1=CC[C@@H](NC(=O)CC(C)(C)C)[C@@H](OCCNC)O1. The maximum atomic E-state index is 12.4. The van der Waals surface area contributed by atoms with Crippen molar-refractivity contribution in [3.63, 3.8) is 0 Å². The lowest BCUT2D eigenvalue weighted by atomic mass is 9.91. The molecular weight excluding hydrogens is 370 g/mol. The number of hydrogen-bond acceptors (Lipinski definition) is 6. The maximum Gasteiger partial charge on any atom is 0.220 e. The van der Waals surface area contributed by atoms with Crippen LogP contribution in [0, 0.1) is 5.41 Å². The van der Waals surface area contributed by atoms with Crippen molar-refractivity contribution >= 4 is 5.91 Å². The zero-order valence-corrected chi connectivity index (χ0v) is 19.3. The molecule has 0 spiro atoms. The maximum absolute atomic E-state index is 12.4. The Hall–Kier alpha value is -1.15. The summed E-state index contributed by atoms with van der Waals surface area (Å²) in [5.41, 5.74) is -0.665. The summed E-state index contributed by atoms with van der Waals surface area (Å²) in [7, 11) is 1.87. The van der Waals surface area contributed by atoms with E-state index in [9.17, 15) is 9.90 Å². The highest BCUT2D eigenvalue weighted by atomic mass is 16.7. The zero-order valence-electron chi connectivity index (χ0n) is 19.3. The molecule has 170 valence electrons. The Labute approximate surface area is 177 Å². The first-order chi connectivity index (χ1) is 13.6. The predicted octanol–water partition coefficient (Wildman–Crippen LogP) is 2.30. The van der Waals surface area contributed by atoms with E-state index in [1.807, 2.05) is 47.7 Å². The minimum atomic E-state index is -0.601. The standard InChI is InChI=1S/C22H43N3O4/c1-7-22(27,8-2)11-12-24-16-17-9-10-18(20(29-17)28-14-13-23-6)25-19(26)15-21(3,4)5/h9,18,20,23-24,27H,7-8,10-16H2,1-6H3,(H,25,26)/t18-,20+/m1/s1. The number of carbonyl (C=O) groups is 1. The number of ether oxygens (including phenoxy) is 2. The van der Waals surface area contributed by atoms with E-state index in [0.717, 1.165) is 25.1 Å². The zero-order chi connectivity index (χ0) is 21.9. The summed E-state index contributed by atoms with van der Waals surface area (Å²) in [4.78, 5) is 12.4. The van der Waals surface area contributed by atoms with Gasteiger partial charge in [-0.05, 0) is 50.8 Å². The molecule has 7 heteroatoms. The fourth-order valence-electron chi connectivity index (χ4n) is 3.19. The Morgan fingerprint density at radius 3 is 2.55 bits per heavy atom. The van der Waals surface area contributed by atoms with E-state index in [2.05, 4.69) is 16.0 Å². The molecular formula is C22H43N3O4. The van der Waals surface area contributed by atoms with Gasteiger partial charge in [-0.1, -0.05) is 34.6 Å². The number of rotatable bonds is 13. The second-order valence-corrected chi connectivity index (χ2v) is 9.14. The van der Waals surface area contributed by atoms with Gasteiger partial charge in [0.1, 0.15) is 5.76 Å². The van der Waals surface area contributed by atoms with Gasteiger partial charge in [-0.15, -0.1) is 0 Å². The van der Waals surface area contributed by atoms with Crippen LogP contribution in [0.3, 0.4) is 0 Å². The average molecular weight is 414 g/mol. The second kappa shape index (κ2) is 12.5. The molecule has 0 aromatic rings. The summed E-state index contributed by atoms with van der Waals surface area (Å²) < 4.78 is 11.9. The number of likely N-dealkylation sites (N-methyl/N-ethyl adjacent to an activating group) is 1. The smallest absolute Gasteiger partial charge is 0.220 e. The van der Waals surface area contributed by atoms with E-state index in [-0.39, 0.29) is 17.4 Å². The lowest BCUT2D eigenvalue weighted by Crippen LogP contribution is -2.48. The van der Waals surface area contributed by atoms with Crippen LogP contribution in [0.1, 0.15) is 66.7 Å². The first kappa shape index (κ1) is 25.9. The van der Waals surface area contributed by atoms with Crippen LogP contribution in [0.15, 0.2) is 11.8 Å². The van der Waals surface area contributed by atoms with Crippen molar-refractivity contribution in [3.05, 3.63) is 11.8 Å². The van der Waals surface area contributed by atoms with E-state index < -0.39 is 11.9 Å². The molecule has 0 saturated heterocycles. The van der Waals surface area contributed by atoms with Crippen molar-refractivity contribution in [2.45, 2.75) is 84.7 Å². The fraction of sp³-hybridized carbons (Fsp3) is 0.864. The van der Waals surface area contributed by atoms with Crippen molar-refractivity contribution in [1.29, 1.82) is 0 Å². The van der Waals surface area contributed by atoms with E-state index >= 15 is 0 Å². The number of amides is 1. The number of hydrogen-bond donors (Lipinski definition) is 4. The molecule has 7 nitrogen and oxygen atoms in total. The van der Waals surface area contributed by atoms with Crippen molar-refractivity contribution < 1.29 is 19.4 Å². The molecule has 1 rings (SSSR count). The molecule has 0 aromatic heterocycles. The molecule has 2 atom stereocenters. The average Bonchev–Trinajstić information content (AvgIpc) is 2.65. The molecule has 29 heavy (non-hydrogen) atoms. The van der Waals surface area contributed by atoms with Crippen molar-refractivity contribution in [2.24, 2.45) is 5.41 Å². The van der Waals surface area contributed by atoms with E-state index in [0.29, 0.717) is 39.0 Å². The Balaban J connectivity index is 2.58. The van der Waals surface area contributed by atoms with Crippen molar-refractivity contribution in [1.82, 2.24) is 16.0 Å². The lowest BCUT2D eigenvalue weighted by molar-refractivity contribution is -0.149. The van der Waals surface area contributed by atoms with E-state index in [4.69, 9.17) is 9.47 Å². The van der Waals surface area contributed by atoms with Gasteiger partial charge >= 0.3 is 0 Å². The predicted molar refractivity (Wildman–Crippen MR) is 116 cm³/mol. The molecule has 0 saturated carbocycles. The van der Waals surface area contributed by atoms with Gasteiger partial charge in [0.25, 0.3) is 0 Å². The van der Waals surface area contributed by atoms with Gasteiger partial charge in [0.2, 0.25) is 12.2 Å². The van der Waals surface area contributed by atoms with Gasteiger partial charge in [0.05, 0.1) is 24.8 Å².